The third-order valence-electron chi connectivity index (χ3n) is 2.47. The molecular weight excluding hydrogens is 250 g/mol. The number of para-hydroxylation sites is 1. The summed E-state index contributed by atoms with van der Waals surface area (Å²) in [7, 11) is 0. The number of benzene rings is 1. The van der Waals surface area contributed by atoms with E-state index in [0.29, 0.717) is 11.6 Å². The Morgan fingerprint density at radius 2 is 1.94 bits per heavy atom. The van der Waals surface area contributed by atoms with E-state index >= 15 is 0 Å². The lowest BCUT2D eigenvalue weighted by Gasteiger charge is -2.08. The SMILES string of the molecule is CCOCCCCNCCOc1ccccc1Cl. The van der Waals surface area contributed by atoms with Crippen LogP contribution in [0.15, 0.2) is 24.3 Å². The van der Waals surface area contributed by atoms with E-state index in [1.54, 1.807) is 0 Å². The molecule has 0 aliphatic heterocycles. The van der Waals surface area contributed by atoms with Crippen LogP contribution in [-0.4, -0.2) is 32.9 Å². The summed E-state index contributed by atoms with van der Waals surface area (Å²) < 4.78 is 10.8. The molecule has 18 heavy (non-hydrogen) atoms. The van der Waals surface area contributed by atoms with E-state index in [4.69, 9.17) is 21.1 Å². The van der Waals surface area contributed by atoms with Gasteiger partial charge in [-0.05, 0) is 38.4 Å². The van der Waals surface area contributed by atoms with Crippen LogP contribution < -0.4 is 10.1 Å². The van der Waals surface area contributed by atoms with Crippen LogP contribution >= 0.6 is 11.6 Å². The fourth-order valence-corrected chi connectivity index (χ4v) is 1.71. The van der Waals surface area contributed by atoms with Crippen LogP contribution in [0, 0.1) is 0 Å². The van der Waals surface area contributed by atoms with Gasteiger partial charge in [-0.15, -0.1) is 0 Å². The van der Waals surface area contributed by atoms with Gasteiger partial charge >= 0.3 is 0 Å². The number of hydrogen-bond acceptors (Lipinski definition) is 3. The van der Waals surface area contributed by atoms with Gasteiger partial charge in [0, 0.05) is 19.8 Å². The van der Waals surface area contributed by atoms with Gasteiger partial charge in [0.15, 0.2) is 0 Å². The van der Waals surface area contributed by atoms with Gasteiger partial charge in [-0.2, -0.15) is 0 Å². The summed E-state index contributed by atoms with van der Waals surface area (Å²) in [4.78, 5) is 0. The van der Waals surface area contributed by atoms with Crippen LogP contribution in [0.4, 0.5) is 0 Å². The standard InChI is InChI=1S/C14H22ClNO2/c1-2-17-11-6-5-9-16-10-12-18-14-8-4-3-7-13(14)15/h3-4,7-8,16H,2,5-6,9-12H2,1H3. The van der Waals surface area contributed by atoms with E-state index < -0.39 is 0 Å². The zero-order valence-corrected chi connectivity index (χ0v) is 11.7. The van der Waals surface area contributed by atoms with E-state index in [1.807, 2.05) is 31.2 Å². The Morgan fingerprint density at radius 3 is 2.72 bits per heavy atom. The van der Waals surface area contributed by atoms with Gasteiger partial charge in [0.2, 0.25) is 0 Å². The van der Waals surface area contributed by atoms with Crippen LogP contribution in [0.3, 0.4) is 0 Å². The molecule has 1 rings (SSSR count). The number of rotatable bonds is 10. The lowest BCUT2D eigenvalue weighted by Crippen LogP contribution is -2.22. The van der Waals surface area contributed by atoms with Crippen molar-refractivity contribution in [3.8, 4) is 5.75 Å². The highest BCUT2D eigenvalue weighted by Crippen LogP contribution is 2.22. The highest BCUT2D eigenvalue weighted by molar-refractivity contribution is 6.32. The summed E-state index contributed by atoms with van der Waals surface area (Å²) >= 11 is 5.98. The smallest absolute Gasteiger partial charge is 0.137 e. The molecule has 1 aromatic rings. The molecule has 0 aliphatic rings. The highest BCUT2D eigenvalue weighted by Gasteiger charge is 1.98. The number of nitrogens with one attached hydrogen (secondary N) is 1. The first-order valence-electron chi connectivity index (χ1n) is 6.50. The van der Waals surface area contributed by atoms with Crippen molar-refractivity contribution in [2.75, 3.05) is 32.9 Å². The molecule has 0 bridgehead atoms. The van der Waals surface area contributed by atoms with Crippen molar-refractivity contribution < 1.29 is 9.47 Å². The van der Waals surface area contributed by atoms with Crippen LogP contribution in [0.2, 0.25) is 5.02 Å². The molecule has 102 valence electrons. The fourth-order valence-electron chi connectivity index (χ4n) is 1.52. The second kappa shape index (κ2) is 10.2. The molecule has 0 fully saturated rings. The van der Waals surface area contributed by atoms with Crippen molar-refractivity contribution in [2.45, 2.75) is 19.8 Å². The van der Waals surface area contributed by atoms with Gasteiger partial charge in [0.25, 0.3) is 0 Å². The maximum Gasteiger partial charge on any atom is 0.137 e. The van der Waals surface area contributed by atoms with Crippen LogP contribution in [0.1, 0.15) is 19.8 Å². The van der Waals surface area contributed by atoms with Crippen LogP contribution in [-0.2, 0) is 4.74 Å². The van der Waals surface area contributed by atoms with E-state index in [9.17, 15) is 0 Å². The molecular formula is C14H22ClNO2. The molecule has 0 aromatic heterocycles. The summed E-state index contributed by atoms with van der Waals surface area (Å²) in [5.41, 5.74) is 0. The third-order valence-corrected chi connectivity index (χ3v) is 2.78. The van der Waals surface area contributed by atoms with Gasteiger partial charge < -0.3 is 14.8 Å². The zero-order chi connectivity index (χ0) is 13.1. The molecule has 0 radical (unpaired) electrons. The van der Waals surface area contributed by atoms with E-state index in [1.165, 1.54) is 0 Å². The van der Waals surface area contributed by atoms with Gasteiger partial charge in [-0.1, -0.05) is 23.7 Å². The molecule has 4 heteroatoms. The van der Waals surface area contributed by atoms with Crippen molar-refractivity contribution in [3.05, 3.63) is 29.3 Å². The van der Waals surface area contributed by atoms with Gasteiger partial charge in [-0.25, -0.2) is 0 Å². The van der Waals surface area contributed by atoms with Gasteiger partial charge in [0.1, 0.15) is 12.4 Å². The Morgan fingerprint density at radius 1 is 1.11 bits per heavy atom. The van der Waals surface area contributed by atoms with Gasteiger partial charge in [-0.3, -0.25) is 0 Å². The first kappa shape index (κ1) is 15.3. The molecule has 0 unspecified atom stereocenters. The van der Waals surface area contributed by atoms with Crippen molar-refractivity contribution >= 4 is 11.6 Å². The minimum Gasteiger partial charge on any atom is -0.491 e. The number of hydrogen-bond donors (Lipinski definition) is 1. The quantitative estimate of drug-likeness (QED) is 0.663. The molecule has 3 nitrogen and oxygen atoms in total. The second-order valence-corrected chi connectivity index (χ2v) is 4.34. The number of ether oxygens (including phenoxy) is 2. The molecule has 1 N–H and O–H groups in total. The monoisotopic (exact) mass is 271 g/mol. The highest BCUT2D eigenvalue weighted by atomic mass is 35.5. The second-order valence-electron chi connectivity index (χ2n) is 3.93. The van der Waals surface area contributed by atoms with Crippen molar-refractivity contribution in [3.63, 3.8) is 0 Å². The van der Waals surface area contributed by atoms with Crippen molar-refractivity contribution in [1.82, 2.24) is 5.32 Å². The van der Waals surface area contributed by atoms with Crippen LogP contribution in [0.25, 0.3) is 0 Å². The topological polar surface area (TPSA) is 30.5 Å². The summed E-state index contributed by atoms with van der Waals surface area (Å²) in [6, 6.07) is 7.52. The molecule has 0 amide bonds. The van der Waals surface area contributed by atoms with E-state index in [0.717, 1.165) is 44.9 Å². The maximum absolute atomic E-state index is 5.98. The Bertz CT molecular complexity index is 320. The number of halogens is 1. The zero-order valence-electron chi connectivity index (χ0n) is 11.0. The van der Waals surface area contributed by atoms with Crippen LogP contribution in [0.5, 0.6) is 5.75 Å². The average Bonchev–Trinajstić information content (AvgIpc) is 2.39. The maximum atomic E-state index is 5.98. The Labute approximate surface area is 114 Å². The lowest BCUT2D eigenvalue weighted by atomic mass is 10.3. The average molecular weight is 272 g/mol. The van der Waals surface area contributed by atoms with Crippen molar-refractivity contribution in [2.24, 2.45) is 0 Å². The molecule has 0 heterocycles. The third kappa shape index (κ3) is 6.84. The molecule has 0 saturated heterocycles. The first-order chi connectivity index (χ1) is 8.84. The van der Waals surface area contributed by atoms with E-state index in [2.05, 4.69) is 5.32 Å². The molecule has 1 aromatic carbocycles. The number of unbranched alkanes of at least 4 members (excludes halogenated alkanes) is 1. The van der Waals surface area contributed by atoms with E-state index in [-0.39, 0.29) is 0 Å². The summed E-state index contributed by atoms with van der Waals surface area (Å²) in [6.45, 7) is 6.14. The van der Waals surface area contributed by atoms with Gasteiger partial charge in [0.05, 0.1) is 5.02 Å². The Hall–Kier alpha value is -0.770. The fraction of sp³-hybridized carbons (Fsp3) is 0.571. The molecule has 0 saturated carbocycles. The Kier molecular flexibility index (Phi) is 8.65. The molecule has 0 aliphatic carbocycles. The normalized spacial score (nSPS) is 10.6. The Balaban J connectivity index is 1.94. The largest absolute Gasteiger partial charge is 0.491 e. The molecule has 0 spiro atoms. The lowest BCUT2D eigenvalue weighted by molar-refractivity contribution is 0.143. The minimum absolute atomic E-state index is 0.634. The minimum atomic E-state index is 0.634. The summed E-state index contributed by atoms with van der Waals surface area (Å²) in [5.74, 6) is 0.748. The summed E-state index contributed by atoms with van der Waals surface area (Å²) in [5, 5.41) is 3.99. The predicted molar refractivity (Wildman–Crippen MR) is 75.5 cm³/mol. The first-order valence-corrected chi connectivity index (χ1v) is 6.88. The summed E-state index contributed by atoms with van der Waals surface area (Å²) in [6.07, 6.45) is 2.23. The van der Waals surface area contributed by atoms with Crippen molar-refractivity contribution in [1.29, 1.82) is 0 Å². The molecule has 0 atom stereocenters. The predicted octanol–water partition coefficient (Wildman–Crippen LogP) is 3.13.